The SMILES string of the molecule is CC(Cc1cccc(F)c1)NC(C(=O)O)c1ccccc1. The van der Waals surface area contributed by atoms with Crippen molar-refractivity contribution in [2.75, 3.05) is 0 Å². The molecule has 0 saturated carbocycles. The van der Waals surface area contributed by atoms with Gasteiger partial charge in [0.05, 0.1) is 0 Å². The number of carboxylic acid groups (broad SMARTS) is 1. The first kappa shape index (κ1) is 15.2. The van der Waals surface area contributed by atoms with Gasteiger partial charge >= 0.3 is 5.97 Å². The monoisotopic (exact) mass is 287 g/mol. The molecule has 0 aromatic heterocycles. The van der Waals surface area contributed by atoms with E-state index in [-0.39, 0.29) is 11.9 Å². The average molecular weight is 287 g/mol. The van der Waals surface area contributed by atoms with Crippen molar-refractivity contribution in [3.63, 3.8) is 0 Å². The van der Waals surface area contributed by atoms with Crippen LogP contribution in [0.4, 0.5) is 4.39 Å². The molecule has 0 heterocycles. The van der Waals surface area contributed by atoms with Crippen molar-refractivity contribution in [1.29, 1.82) is 0 Å². The summed E-state index contributed by atoms with van der Waals surface area (Å²) in [7, 11) is 0. The molecule has 2 aromatic rings. The van der Waals surface area contributed by atoms with Gasteiger partial charge in [0.2, 0.25) is 0 Å². The topological polar surface area (TPSA) is 49.3 Å². The van der Waals surface area contributed by atoms with Gasteiger partial charge < -0.3 is 5.11 Å². The van der Waals surface area contributed by atoms with Crippen LogP contribution in [0.3, 0.4) is 0 Å². The molecule has 4 heteroatoms. The molecular formula is C17H18FNO2. The van der Waals surface area contributed by atoms with Crippen LogP contribution >= 0.6 is 0 Å². The van der Waals surface area contributed by atoms with Crippen molar-refractivity contribution in [1.82, 2.24) is 5.32 Å². The summed E-state index contributed by atoms with van der Waals surface area (Å²) in [5.41, 5.74) is 1.54. The standard InChI is InChI=1S/C17H18FNO2/c1-12(10-13-6-5-9-15(18)11-13)19-16(17(20)21)14-7-3-2-4-8-14/h2-9,11-12,16,19H,10H2,1H3,(H,20,21). The van der Waals surface area contributed by atoms with Gasteiger partial charge in [-0.3, -0.25) is 10.1 Å². The predicted octanol–water partition coefficient (Wildman–Crippen LogP) is 3.17. The van der Waals surface area contributed by atoms with E-state index in [2.05, 4.69) is 5.32 Å². The molecule has 3 nitrogen and oxygen atoms in total. The van der Waals surface area contributed by atoms with Crippen LogP contribution in [0, 0.1) is 5.82 Å². The highest BCUT2D eigenvalue weighted by atomic mass is 19.1. The highest BCUT2D eigenvalue weighted by Crippen LogP contribution is 2.15. The van der Waals surface area contributed by atoms with Crippen molar-refractivity contribution >= 4 is 5.97 Å². The maximum atomic E-state index is 13.2. The minimum Gasteiger partial charge on any atom is -0.480 e. The number of aliphatic carboxylic acids is 1. The van der Waals surface area contributed by atoms with E-state index in [0.29, 0.717) is 12.0 Å². The molecule has 21 heavy (non-hydrogen) atoms. The summed E-state index contributed by atoms with van der Waals surface area (Å²) in [6.07, 6.45) is 0.564. The quantitative estimate of drug-likeness (QED) is 0.858. The van der Waals surface area contributed by atoms with E-state index in [0.717, 1.165) is 5.56 Å². The van der Waals surface area contributed by atoms with Crippen LogP contribution in [0.1, 0.15) is 24.1 Å². The van der Waals surface area contributed by atoms with Gasteiger partial charge in [0.25, 0.3) is 0 Å². The fourth-order valence-corrected chi connectivity index (χ4v) is 2.32. The van der Waals surface area contributed by atoms with Gasteiger partial charge in [-0.2, -0.15) is 0 Å². The Morgan fingerprint density at radius 1 is 1.19 bits per heavy atom. The zero-order valence-electron chi connectivity index (χ0n) is 11.8. The minimum atomic E-state index is -0.924. The molecular weight excluding hydrogens is 269 g/mol. The molecule has 0 spiro atoms. The zero-order valence-corrected chi connectivity index (χ0v) is 11.8. The Bertz CT molecular complexity index is 601. The van der Waals surface area contributed by atoms with Gasteiger partial charge in [-0.05, 0) is 36.6 Å². The van der Waals surface area contributed by atoms with Gasteiger partial charge in [-0.1, -0.05) is 42.5 Å². The highest BCUT2D eigenvalue weighted by molar-refractivity contribution is 5.75. The molecule has 110 valence electrons. The summed E-state index contributed by atoms with van der Waals surface area (Å²) in [5, 5.41) is 12.4. The van der Waals surface area contributed by atoms with Crippen molar-refractivity contribution in [3.05, 3.63) is 71.5 Å². The number of hydrogen-bond acceptors (Lipinski definition) is 2. The molecule has 0 radical (unpaired) electrons. The lowest BCUT2D eigenvalue weighted by Crippen LogP contribution is -2.36. The summed E-state index contributed by atoms with van der Waals surface area (Å²) in [6, 6.07) is 14.5. The van der Waals surface area contributed by atoms with Crippen LogP contribution in [0.15, 0.2) is 54.6 Å². The van der Waals surface area contributed by atoms with Crippen LogP contribution in [0.5, 0.6) is 0 Å². The average Bonchev–Trinajstić information content (AvgIpc) is 2.45. The molecule has 0 aliphatic rings. The fourth-order valence-electron chi connectivity index (χ4n) is 2.32. The molecule has 2 rings (SSSR count). The van der Waals surface area contributed by atoms with Crippen LogP contribution in [0.25, 0.3) is 0 Å². The largest absolute Gasteiger partial charge is 0.480 e. The van der Waals surface area contributed by atoms with Gasteiger partial charge in [-0.15, -0.1) is 0 Å². The van der Waals surface area contributed by atoms with Crippen LogP contribution in [-0.4, -0.2) is 17.1 Å². The Labute approximate surface area is 123 Å². The molecule has 2 atom stereocenters. The van der Waals surface area contributed by atoms with Gasteiger partial charge in [-0.25, -0.2) is 4.39 Å². The van der Waals surface area contributed by atoms with E-state index in [1.807, 2.05) is 31.2 Å². The number of benzene rings is 2. The summed E-state index contributed by atoms with van der Waals surface area (Å²) in [4.78, 5) is 11.4. The van der Waals surface area contributed by atoms with E-state index >= 15 is 0 Å². The molecule has 0 aliphatic carbocycles. The molecule has 2 aromatic carbocycles. The smallest absolute Gasteiger partial charge is 0.325 e. The normalized spacial score (nSPS) is 13.6. The summed E-state index contributed by atoms with van der Waals surface area (Å²) in [5.74, 6) is -1.20. The molecule has 0 amide bonds. The third-order valence-electron chi connectivity index (χ3n) is 3.26. The van der Waals surface area contributed by atoms with Gasteiger partial charge in [0.15, 0.2) is 0 Å². The molecule has 0 saturated heterocycles. The van der Waals surface area contributed by atoms with Gasteiger partial charge in [0, 0.05) is 6.04 Å². The number of halogens is 1. The predicted molar refractivity (Wildman–Crippen MR) is 79.5 cm³/mol. The second-order valence-corrected chi connectivity index (χ2v) is 5.08. The number of nitrogens with one attached hydrogen (secondary N) is 1. The first-order valence-electron chi connectivity index (χ1n) is 6.84. The molecule has 0 aliphatic heterocycles. The van der Waals surface area contributed by atoms with Crippen molar-refractivity contribution in [3.8, 4) is 0 Å². The first-order valence-corrected chi connectivity index (χ1v) is 6.84. The Morgan fingerprint density at radius 3 is 2.52 bits per heavy atom. The first-order chi connectivity index (χ1) is 10.1. The van der Waals surface area contributed by atoms with E-state index in [4.69, 9.17) is 0 Å². The van der Waals surface area contributed by atoms with Crippen molar-refractivity contribution in [2.45, 2.75) is 25.4 Å². The van der Waals surface area contributed by atoms with Gasteiger partial charge in [0.1, 0.15) is 11.9 Å². The summed E-state index contributed by atoms with van der Waals surface area (Å²) in [6.45, 7) is 1.89. The maximum Gasteiger partial charge on any atom is 0.325 e. The van der Waals surface area contributed by atoms with Crippen LogP contribution in [-0.2, 0) is 11.2 Å². The van der Waals surface area contributed by atoms with E-state index in [1.165, 1.54) is 12.1 Å². The van der Waals surface area contributed by atoms with Crippen molar-refractivity contribution in [2.24, 2.45) is 0 Å². The van der Waals surface area contributed by atoms with Crippen LogP contribution in [0.2, 0.25) is 0 Å². The second kappa shape index (κ2) is 6.99. The second-order valence-electron chi connectivity index (χ2n) is 5.08. The van der Waals surface area contributed by atoms with E-state index in [9.17, 15) is 14.3 Å². The fraction of sp³-hybridized carbons (Fsp3) is 0.235. The van der Waals surface area contributed by atoms with E-state index in [1.54, 1.807) is 18.2 Å². The molecule has 0 fully saturated rings. The summed E-state index contributed by atoms with van der Waals surface area (Å²) < 4.78 is 13.2. The Hall–Kier alpha value is -2.20. The summed E-state index contributed by atoms with van der Waals surface area (Å²) >= 11 is 0. The van der Waals surface area contributed by atoms with E-state index < -0.39 is 12.0 Å². The molecule has 2 unspecified atom stereocenters. The zero-order chi connectivity index (χ0) is 15.2. The number of hydrogen-bond donors (Lipinski definition) is 2. The lowest BCUT2D eigenvalue weighted by atomic mass is 10.0. The Balaban J connectivity index is 2.05. The maximum absolute atomic E-state index is 13.2. The highest BCUT2D eigenvalue weighted by Gasteiger charge is 2.21. The lowest BCUT2D eigenvalue weighted by molar-refractivity contribution is -0.139. The number of carboxylic acids is 1. The third-order valence-corrected chi connectivity index (χ3v) is 3.26. The molecule has 2 N–H and O–H groups in total. The lowest BCUT2D eigenvalue weighted by Gasteiger charge is -2.20. The number of rotatable bonds is 6. The number of carbonyl (C=O) groups is 1. The minimum absolute atomic E-state index is 0.0897. The van der Waals surface area contributed by atoms with Crippen LogP contribution < -0.4 is 5.32 Å². The van der Waals surface area contributed by atoms with Crippen molar-refractivity contribution < 1.29 is 14.3 Å². The Morgan fingerprint density at radius 2 is 1.90 bits per heavy atom. The molecule has 0 bridgehead atoms. The Kier molecular flexibility index (Phi) is 5.06. The third kappa shape index (κ3) is 4.39.